The van der Waals surface area contributed by atoms with E-state index in [0.29, 0.717) is 11.6 Å². The first kappa shape index (κ1) is 22.3. The van der Waals surface area contributed by atoms with Crippen LogP contribution >= 0.6 is 11.6 Å². The lowest BCUT2D eigenvalue weighted by Crippen LogP contribution is -2.51. The highest BCUT2D eigenvalue weighted by atomic mass is 35.5. The van der Waals surface area contributed by atoms with E-state index in [1.54, 1.807) is 12.3 Å². The average Bonchev–Trinajstić information content (AvgIpc) is 2.81. The number of benzene rings is 2. The van der Waals surface area contributed by atoms with Crippen LogP contribution in [0.5, 0.6) is 0 Å². The zero-order valence-electron chi connectivity index (χ0n) is 17.2. The second kappa shape index (κ2) is 9.28. The average molecular weight is 472 g/mol. The van der Waals surface area contributed by atoms with Gasteiger partial charge in [0.1, 0.15) is 5.56 Å². The first-order chi connectivity index (χ1) is 15.4. The molecular weight excluding hydrogens is 450 g/mol. The van der Waals surface area contributed by atoms with Gasteiger partial charge in [0, 0.05) is 37.4 Å². The Bertz CT molecular complexity index is 1270. The fraction of sp³-hybridized carbons (Fsp3) is 0.217. The van der Waals surface area contributed by atoms with Gasteiger partial charge in [0.2, 0.25) is 10.0 Å². The summed E-state index contributed by atoms with van der Waals surface area (Å²) in [7, 11) is -3.67. The Morgan fingerprint density at radius 3 is 2.19 bits per heavy atom. The predicted octanol–water partition coefficient (Wildman–Crippen LogP) is 2.70. The Morgan fingerprint density at radius 1 is 0.875 bits per heavy atom. The van der Waals surface area contributed by atoms with Crippen molar-refractivity contribution in [3.8, 4) is 0 Å². The monoisotopic (exact) mass is 471 g/mol. The summed E-state index contributed by atoms with van der Waals surface area (Å²) in [6.45, 7) is 1.09. The molecule has 3 aromatic rings. The summed E-state index contributed by atoms with van der Waals surface area (Å²) in [5, 5.41) is 0.458. The van der Waals surface area contributed by atoms with E-state index in [9.17, 15) is 18.0 Å². The molecule has 9 heteroatoms. The molecule has 1 saturated heterocycles. The lowest BCUT2D eigenvalue weighted by atomic mass is 10.2. The molecular formula is C23H22ClN3O4S. The standard InChI is InChI=1S/C23H22ClN3O4S/c24-19-8-10-20(11-9-19)32(30,31)27-15-13-25(14-16-27)22(28)21-7-4-12-26(23(21)29)17-18-5-2-1-3-6-18/h1-12H,13-17H2. The van der Waals surface area contributed by atoms with Crippen LogP contribution < -0.4 is 5.56 Å². The largest absolute Gasteiger partial charge is 0.336 e. The highest BCUT2D eigenvalue weighted by Crippen LogP contribution is 2.20. The fourth-order valence-electron chi connectivity index (χ4n) is 3.66. The molecule has 0 aliphatic carbocycles. The van der Waals surface area contributed by atoms with Crippen LogP contribution in [0, 0.1) is 0 Å². The van der Waals surface area contributed by atoms with Crippen LogP contribution in [0.25, 0.3) is 0 Å². The maximum absolute atomic E-state index is 13.0. The van der Waals surface area contributed by atoms with E-state index in [4.69, 9.17) is 11.6 Å². The number of rotatable bonds is 5. The molecule has 0 N–H and O–H groups in total. The number of aromatic nitrogens is 1. The summed E-state index contributed by atoms with van der Waals surface area (Å²) in [6, 6.07) is 18.7. The van der Waals surface area contributed by atoms with Crippen molar-refractivity contribution in [1.82, 2.24) is 13.8 Å². The third-order valence-electron chi connectivity index (χ3n) is 5.42. The smallest absolute Gasteiger partial charge is 0.263 e. The summed E-state index contributed by atoms with van der Waals surface area (Å²) in [4.78, 5) is 27.6. The first-order valence-electron chi connectivity index (χ1n) is 10.1. The van der Waals surface area contributed by atoms with Gasteiger partial charge in [-0.25, -0.2) is 8.42 Å². The fourth-order valence-corrected chi connectivity index (χ4v) is 5.21. The minimum atomic E-state index is -3.67. The van der Waals surface area contributed by atoms with Gasteiger partial charge in [-0.05, 0) is 42.0 Å². The van der Waals surface area contributed by atoms with Crippen molar-refractivity contribution in [3.63, 3.8) is 0 Å². The number of halogens is 1. The SMILES string of the molecule is O=C(c1cccn(Cc2ccccc2)c1=O)N1CCN(S(=O)(=O)c2ccc(Cl)cc2)CC1. The van der Waals surface area contributed by atoms with Gasteiger partial charge in [-0.1, -0.05) is 41.9 Å². The lowest BCUT2D eigenvalue weighted by molar-refractivity contribution is 0.0695. The number of hydrogen-bond acceptors (Lipinski definition) is 4. The number of amides is 1. The second-order valence-corrected chi connectivity index (χ2v) is 9.87. The van der Waals surface area contributed by atoms with Gasteiger partial charge in [-0.15, -0.1) is 0 Å². The quantitative estimate of drug-likeness (QED) is 0.573. The summed E-state index contributed by atoms with van der Waals surface area (Å²) in [6.07, 6.45) is 1.66. The van der Waals surface area contributed by atoms with Gasteiger partial charge in [0.25, 0.3) is 11.5 Å². The minimum absolute atomic E-state index is 0.0810. The predicted molar refractivity (Wildman–Crippen MR) is 122 cm³/mol. The van der Waals surface area contributed by atoms with E-state index >= 15 is 0 Å². The van der Waals surface area contributed by atoms with E-state index in [2.05, 4.69) is 0 Å². The van der Waals surface area contributed by atoms with Gasteiger partial charge < -0.3 is 9.47 Å². The van der Waals surface area contributed by atoms with Gasteiger partial charge in [-0.3, -0.25) is 9.59 Å². The third kappa shape index (κ3) is 4.62. The molecule has 0 spiro atoms. The van der Waals surface area contributed by atoms with Gasteiger partial charge in [0.15, 0.2) is 0 Å². The van der Waals surface area contributed by atoms with Gasteiger partial charge >= 0.3 is 0 Å². The van der Waals surface area contributed by atoms with Crippen LogP contribution in [-0.4, -0.2) is 54.3 Å². The maximum Gasteiger partial charge on any atom is 0.263 e. The third-order valence-corrected chi connectivity index (χ3v) is 7.59. The first-order valence-corrected chi connectivity index (χ1v) is 12.0. The molecule has 1 aliphatic rings. The summed E-state index contributed by atoms with van der Waals surface area (Å²) in [5.41, 5.74) is 0.676. The van der Waals surface area contributed by atoms with Crippen molar-refractivity contribution in [2.75, 3.05) is 26.2 Å². The molecule has 4 rings (SSSR count). The molecule has 2 heterocycles. The number of sulfonamides is 1. The Balaban J connectivity index is 1.46. The molecule has 0 atom stereocenters. The highest BCUT2D eigenvalue weighted by Gasteiger charge is 2.31. The van der Waals surface area contributed by atoms with Crippen molar-refractivity contribution >= 4 is 27.5 Å². The number of piperazine rings is 1. The van der Waals surface area contributed by atoms with Crippen molar-refractivity contribution in [1.29, 1.82) is 0 Å². The number of carbonyl (C=O) groups is 1. The van der Waals surface area contributed by atoms with Crippen LogP contribution in [0.15, 0.2) is 82.6 Å². The van der Waals surface area contributed by atoms with Crippen molar-refractivity contribution < 1.29 is 13.2 Å². The molecule has 7 nitrogen and oxygen atoms in total. The maximum atomic E-state index is 13.0. The number of carbonyl (C=O) groups excluding carboxylic acids is 1. The summed E-state index contributed by atoms with van der Waals surface area (Å²) in [5.74, 6) is -0.388. The topological polar surface area (TPSA) is 79.7 Å². The molecule has 0 bridgehead atoms. The second-order valence-electron chi connectivity index (χ2n) is 7.49. The van der Waals surface area contributed by atoms with Crippen LogP contribution in [0.2, 0.25) is 5.02 Å². The lowest BCUT2D eigenvalue weighted by Gasteiger charge is -2.34. The molecule has 166 valence electrons. The Kier molecular flexibility index (Phi) is 6.45. The van der Waals surface area contributed by atoms with Gasteiger partial charge in [-0.2, -0.15) is 4.31 Å². The normalized spacial score (nSPS) is 15.0. The van der Waals surface area contributed by atoms with Crippen molar-refractivity contribution in [3.05, 3.63) is 99.4 Å². The van der Waals surface area contributed by atoms with Crippen molar-refractivity contribution in [2.24, 2.45) is 0 Å². The molecule has 0 unspecified atom stereocenters. The molecule has 1 fully saturated rings. The molecule has 1 amide bonds. The van der Waals surface area contributed by atoms with E-state index in [1.165, 1.54) is 44.1 Å². The van der Waals surface area contributed by atoms with Crippen LogP contribution in [-0.2, 0) is 16.6 Å². The van der Waals surface area contributed by atoms with E-state index in [0.717, 1.165) is 5.56 Å². The zero-order chi connectivity index (χ0) is 22.7. The zero-order valence-corrected chi connectivity index (χ0v) is 18.8. The summed E-state index contributed by atoms with van der Waals surface area (Å²) >= 11 is 5.85. The highest BCUT2D eigenvalue weighted by molar-refractivity contribution is 7.89. The number of hydrogen-bond donors (Lipinski definition) is 0. The Morgan fingerprint density at radius 2 is 1.53 bits per heavy atom. The van der Waals surface area contributed by atoms with Crippen LogP contribution in [0.1, 0.15) is 15.9 Å². The van der Waals surface area contributed by atoms with E-state index < -0.39 is 10.0 Å². The molecule has 1 aromatic heterocycles. The molecule has 2 aromatic carbocycles. The number of pyridine rings is 1. The van der Waals surface area contributed by atoms with Crippen LogP contribution in [0.3, 0.4) is 0 Å². The molecule has 0 radical (unpaired) electrons. The van der Waals surface area contributed by atoms with Gasteiger partial charge in [0.05, 0.1) is 11.4 Å². The minimum Gasteiger partial charge on any atom is -0.336 e. The number of nitrogens with zero attached hydrogens (tertiary/aromatic N) is 3. The Labute approximate surface area is 191 Å². The molecule has 0 saturated carbocycles. The van der Waals surface area contributed by atoms with E-state index in [-0.39, 0.29) is 48.1 Å². The van der Waals surface area contributed by atoms with Crippen LogP contribution in [0.4, 0.5) is 0 Å². The van der Waals surface area contributed by atoms with E-state index in [1.807, 2.05) is 30.3 Å². The summed E-state index contributed by atoms with van der Waals surface area (Å²) < 4.78 is 28.5. The Hall–Kier alpha value is -2.94. The molecule has 1 aliphatic heterocycles. The van der Waals surface area contributed by atoms with Crippen molar-refractivity contribution in [2.45, 2.75) is 11.4 Å². The molecule has 32 heavy (non-hydrogen) atoms.